The predicted octanol–water partition coefficient (Wildman–Crippen LogP) is 4.36. The van der Waals surface area contributed by atoms with E-state index in [1.165, 1.54) is 51.4 Å². The van der Waals surface area contributed by atoms with Gasteiger partial charge in [0.25, 0.3) is 0 Å². The lowest BCUT2D eigenvalue weighted by Gasteiger charge is -2.75. The second kappa shape index (κ2) is 3.50. The molecular weight excluding hydrogens is 206 g/mol. The van der Waals surface area contributed by atoms with Crippen LogP contribution in [0, 0.1) is 5.92 Å². The molecule has 3 rings (SSSR count). The van der Waals surface area contributed by atoms with Crippen molar-refractivity contribution in [3.8, 4) is 0 Å². The van der Waals surface area contributed by atoms with Crippen molar-refractivity contribution in [3.63, 3.8) is 0 Å². The van der Waals surface area contributed by atoms with Crippen LogP contribution < -0.4 is 0 Å². The van der Waals surface area contributed by atoms with Gasteiger partial charge in [0.15, 0.2) is 0 Å². The fourth-order valence-electron chi connectivity index (χ4n) is 6.08. The summed E-state index contributed by atoms with van der Waals surface area (Å²) in [6.45, 7) is 9.89. The number of rotatable bonds is 2. The summed E-state index contributed by atoms with van der Waals surface area (Å²) in [4.78, 5) is 3.00. The summed E-state index contributed by atoms with van der Waals surface area (Å²) in [6.07, 6.45) is 11.7. The van der Waals surface area contributed by atoms with Crippen molar-refractivity contribution in [1.29, 1.82) is 0 Å². The van der Waals surface area contributed by atoms with E-state index in [1.807, 2.05) is 0 Å². The van der Waals surface area contributed by atoms with E-state index in [-0.39, 0.29) is 0 Å². The summed E-state index contributed by atoms with van der Waals surface area (Å²) in [7, 11) is 0. The van der Waals surface area contributed by atoms with Crippen molar-refractivity contribution in [2.45, 2.75) is 95.7 Å². The largest absolute Gasteiger partial charge is 0.287 e. The van der Waals surface area contributed by atoms with Gasteiger partial charge in [-0.05, 0) is 71.1 Å². The molecule has 3 saturated heterocycles. The highest BCUT2D eigenvalue weighted by Gasteiger charge is 2.65. The minimum Gasteiger partial charge on any atom is -0.287 e. The average molecular weight is 235 g/mol. The molecule has 3 aliphatic heterocycles. The Morgan fingerprint density at radius 1 is 0.941 bits per heavy atom. The number of hydrogen-bond acceptors (Lipinski definition) is 1. The van der Waals surface area contributed by atoms with Gasteiger partial charge >= 0.3 is 0 Å². The summed E-state index contributed by atoms with van der Waals surface area (Å²) in [5.74, 6) is 0.847. The molecule has 98 valence electrons. The molecule has 0 N–H and O–H groups in total. The van der Waals surface area contributed by atoms with E-state index in [2.05, 4.69) is 32.6 Å². The molecule has 0 aliphatic carbocycles. The van der Waals surface area contributed by atoms with E-state index in [1.54, 1.807) is 0 Å². The molecule has 0 saturated carbocycles. The molecule has 3 aliphatic rings. The van der Waals surface area contributed by atoms with Crippen molar-refractivity contribution in [3.05, 3.63) is 0 Å². The normalized spacial score (nSPS) is 49.9. The number of nitrogens with zero attached hydrogens (tertiary/aromatic N) is 1. The monoisotopic (exact) mass is 235 g/mol. The maximum atomic E-state index is 3.00. The molecule has 1 nitrogen and oxygen atoms in total. The molecule has 0 aromatic rings. The Morgan fingerprint density at radius 2 is 1.47 bits per heavy atom. The maximum absolute atomic E-state index is 3.00. The van der Waals surface area contributed by atoms with E-state index < -0.39 is 0 Å². The molecule has 0 amide bonds. The minimum absolute atomic E-state index is 0.558. The van der Waals surface area contributed by atoms with Crippen LogP contribution in [0.3, 0.4) is 0 Å². The van der Waals surface area contributed by atoms with Gasteiger partial charge in [0.05, 0.1) is 0 Å². The third-order valence-electron chi connectivity index (χ3n) is 5.82. The van der Waals surface area contributed by atoms with E-state index in [0.29, 0.717) is 16.6 Å². The second-order valence-electron chi connectivity index (χ2n) is 8.04. The smallest absolute Gasteiger partial charge is 0.0222 e. The molecule has 3 fully saturated rings. The number of hydrogen-bond donors (Lipinski definition) is 0. The lowest BCUT2D eigenvalue weighted by atomic mass is 9.55. The van der Waals surface area contributed by atoms with Gasteiger partial charge in [-0.15, -0.1) is 0 Å². The van der Waals surface area contributed by atoms with Crippen LogP contribution in [0.2, 0.25) is 0 Å². The SMILES string of the molecule is CC(C)CC12CCCC3(C)CC(C)(CCC1)N32. The van der Waals surface area contributed by atoms with Gasteiger partial charge in [0.1, 0.15) is 0 Å². The Labute approximate surface area is 107 Å². The predicted molar refractivity (Wildman–Crippen MR) is 73.2 cm³/mol. The zero-order chi connectivity index (χ0) is 12.3. The Hall–Kier alpha value is -0.0400. The highest BCUT2D eigenvalue weighted by atomic mass is 15.4. The lowest BCUT2D eigenvalue weighted by molar-refractivity contribution is -0.244. The molecule has 2 unspecified atom stereocenters. The molecule has 3 heterocycles. The number of piperidine rings is 2. The molecule has 0 aromatic heterocycles. The third-order valence-corrected chi connectivity index (χ3v) is 5.82. The van der Waals surface area contributed by atoms with Gasteiger partial charge in [-0.2, -0.15) is 0 Å². The van der Waals surface area contributed by atoms with Crippen LogP contribution in [0.1, 0.15) is 79.1 Å². The minimum atomic E-state index is 0.558. The van der Waals surface area contributed by atoms with Crippen LogP contribution in [0.15, 0.2) is 0 Å². The first kappa shape index (κ1) is 12.0. The first-order chi connectivity index (χ1) is 7.90. The van der Waals surface area contributed by atoms with Crippen LogP contribution in [-0.2, 0) is 0 Å². The molecule has 0 bridgehead atoms. The van der Waals surface area contributed by atoms with Crippen LogP contribution >= 0.6 is 0 Å². The molecule has 0 spiro atoms. The lowest BCUT2D eigenvalue weighted by Crippen LogP contribution is -2.81. The molecule has 1 heteroatoms. The van der Waals surface area contributed by atoms with Crippen molar-refractivity contribution < 1.29 is 0 Å². The highest BCUT2D eigenvalue weighted by molar-refractivity contribution is 5.21. The van der Waals surface area contributed by atoms with E-state index in [0.717, 1.165) is 5.92 Å². The zero-order valence-corrected chi connectivity index (χ0v) is 12.2. The van der Waals surface area contributed by atoms with Gasteiger partial charge in [0.2, 0.25) is 0 Å². The Bertz CT molecular complexity index is 299. The van der Waals surface area contributed by atoms with Gasteiger partial charge in [-0.25, -0.2) is 0 Å². The summed E-state index contributed by atoms with van der Waals surface area (Å²) in [5, 5.41) is 0. The zero-order valence-electron chi connectivity index (χ0n) is 12.2. The molecule has 0 aromatic carbocycles. The van der Waals surface area contributed by atoms with Gasteiger partial charge < -0.3 is 0 Å². The first-order valence-electron chi connectivity index (χ1n) is 7.71. The van der Waals surface area contributed by atoms with Crippen molar-refractivity contribution >= 4 is 0 Å². The standard InChI is InChI=1S/C16H29N/c1-13(2)11-16-9-5-7-14(3)12-15(4,17(14)16)8-6-10-16/h13H,5-12H2,1-4H3. The summed E-state index contributed by atoms with van der Waals surface area (Å²) in [5.41, 5.74) is 1.69. The highest BCUT2D eigenvalue weighted by Crippen LogP contribution is 2.62. The Balaban J connectivity index is 1.94. The van der Waals surface area contributed by atoms with Gasteiger partial charge in [-0.3, -0.25) is 4.90 Å². The van der Waals surface area contributed by atoms with Crippen LogP contribution in [0.5, 0.6) is 0 Å². The molecular formula is C16H29N. The summed E-state index contributed by atoms with van der Waals surface area (Å²) < 4.78 is 0. The van der Waals surface area contributed by atoms with E-state index >= 15 is 0 Å². The van der Waals surface area contributed by atoms with Crippen molar-refractivity contribution in [1.82, 2.24) is 4.90 Å². The summed E-state index contributed by atoms with van der Waals surface area (Å²) in [6, 6.07) is 0. The average Bonchev–Trinajstić information content (AvgIpc) is 2.13. The molecule has 0 radical (unpaired) electrons. The van der Waals surface area contributed by atoms with Gasteiger partial charge in [-0.1, -0.05) is 13.8 Å². The van der Waals surface area contributed by atoms with Crippen molar-refractivity contribution in [2.75, 3.05) is 0 Å². The van der Waals surface area contributed by atoms with Crippen molar-refractivity contribution in [2.24, 2.45) is 5.92 Å². The Morgan fingerprint density at radius 3 is 1.94 bits per heavy atom. The fraction of sp³-hybridized carbons (Fsp3) is 1.00. The Kier molecular flexibility index (Phi) is 2.47. The third kappa shape index (κ3) is 1.54. The second-order valence-corrected chi connectivity index (χ2v) is 8.04. The first-order valence-corrected chi connectivity index (χ1v) is 7.71. The van der Waals surface area contributed by atoms with Crippen LogP contribution in [0.25, 0.3) is 0 Å². The topological polar surface area (TPSA) is 3.24 Å². The quantitative estimate of drug-likeness (QED) is 0.687. The fourth-order valence-corrected chi connectivity index (χ4v) is 6.08. The van der Waals surface area contributed by atoms with Gasteiger partial charge in [0, 0.05) is 16.6 Å². The molecule has 17 heavy (non-hydrogen) atoms. The molecule has 2 atom stereocenters. The maximum Gasteiger partial charge on any atom is 0.0222 e. The van der Waals surface area contributed by atoms with E-state index in [4.69, 9.17) is 0 Å². The van der Waals surface area contributed by atoms with E-state index in [9.17, 15) is 0 Å². The summed E-state index contributed by atoms with van der Waals surface area (Å²) >= 11 is 0. The van der Waals surface area contributed by atoms with Crippen LogP contribution in [0.4, 0.5) is 0 Å². The van der Waals surface area contributed by atoms with Crippen LogP contribution in [-0.4, -0.2) is 21.5 Å².